The lowest BCUT2D eigenvalue weighted by Gasteiger charge is -2.22. The first-order chi connectivity index (χ1) is 8.76. The maximum absolute atomic E-state index is 8.97. The van der Waals surface area contributed by atoms with E-state index in [-0.39, 0.29) is 0 Å². The summed E-state index contributed by atoms with van der Waals surface area (Å²) in [4.78, 5) is 4.34. The van der Waals surface area contributed by atoms with Crippen LogP contribution in [0.1, 0.15) is 36.9 Å². The third-order valence-electron chi connectivity index (χ3n) is 4.63. The first kappa shape index (κ1) is 11.5. The van der Waals surface area contributed by atoms with Crippen LogP contribution in [0.5, 0.6) is 0 Å². The summed E-state index contributed by atoms with van der Waals surface area (Å²) in [5.74, 6) is 3.59. The highest BCUT2D eigenvalue weighted by atomic mass is 15.0. The molecule has 0 aromatic carbocycles. The highest BCUT2D eigenvalue weighted by Crippen LogP contribution is 2.48. The Bertz CT molecular complexity index is 489. The Kier molecular flexibility index (Phi) is 2.95. The molecule has 2 aliphatic carbocycles. The van der Waals surface area contributed by atoms with E-state index in [1.54, 1.807) is 0 Å². The van der Waals surface area contributed by atoms with E-state index in [4.69, 9.17) is 5.26 Å². The van der Waals surface area contributed by atoms with Crippen molar-refractivity contribution in [1.29, 1.82) is 5.26 Å². The number of nitrogens with zero attached hydrogens (tertiary/aromatic N) is 2. The molecule has 2 saturated carbocycles. The Morgan fingerprint density at radius 3 is 2.94 bits per heavy atom. The van der Waals surface area contributed by atoms with E-state index in [0.717, 1.165) is 35.7 Å². The van der Waals surface area contributed by atoms with E-state index in [1.165, 1.54) is 25.7 Å². The van der Waals surface area contributed by atoms with Crippen LogP contribution in [0.15, 0.2) is 12.1 Å². The van der Waals surface area contributed by atoms with Crippen molar-refractivity contribution in [2.45, 2.75) is 32.6 Å². The molecule has 2 aliphatic rings. The number of fused-ring (bicyclic) bond motifs is 2. The maximum atomic E-state index is 8.97. The molecule has 0 radical (unpaired) electrons. The van der Waals surface area contributed by atoms with Gasteiger partial charge in [0, 0.05) is 6.54 Å². The number of nitrogens with one attached hydrogen (secondary N) is 1. The molecule has 0 spiro atoms. The average Bonchev–Trinajstić information content (AvgIpc) is 3.00. The molecular formula is C15H19N3. The average molecular weight is 241 g/mol. The van der Waals surface area contributed by atoms with Crippen LogP contribution in [0.3, 0.4) is 0 Å². The molecule has 3 atom stereocenters. The van der Waals surface area contributed by atoms with E-state index in [0.29, 0.717) is 5.69 Å². The van der Waals surface area contributed by atoms with Crippen LogP contribution >= 0.6 is 0 Å². The summed E-state index contributed by atoms with van der Waals surface area (Å²) in [5, 5.41) is 12.4. The van der Waals surface area contributed by atoms with Gasteiger partial charge in [-0.1, -0.05) is 12.5 Å². The zero-order valence-corrected chi connectivity index (χ0v) is 10.8. The largest absolute Gasteiger partial charge is 0.370 e. The molecule has 1 aromatic heterocycles. The fraction of sp³-hybridized carbons (Fsp3) is 0.600. The standard InChI is InChI=1S/C15H19N3/c1-10-2-5-15(18-14(10)8-16)17-9-13-7-11-3-4-12(13)6-11/h2,5,11-13H,3-4,6-7,9H2,1H3,(H,17,18). The van der Waals surface area contributed by atoms with Gasteiger partial charge < -0.3 is 5.32 Å². The molecule has 3 rings (SSSR count). The molecule has 0 saturated heterocycles. The highest BCUT2D eigenvalue weighted by molar-refractivity contribution is 5.42. The number of anilines is 1. The third-order valence-corrected chi connectivity index (χ3v) is 4.63. The molecule has 0 amide bonds. The molecule has 3 nitrogen and oxygen atoms in total. The van der Waals surface area contributed by atoms with Crippen molar-refractivity contribution in [2.24, 2.45) is 17.8 Å². The SMILES string of the molecule is Cc1ccc(NCC2CC3CCC2C3)nc1C#N. The Hall–Kier alpha value is -1.56. The second-order valence-electron chi connectivity index (χ2n) is 5.79. The minimum atomic E-state index is 0.535. The molecule has 2 fully saturated rings. The van der Waals surface area contributed by atoms with Gasteiger partial charge in [0.15, 0.2) is 0 Å². The molecular weight excluding hydrogens is 222 g/mol. The van der Waals surface area contributed by atoms with Crippen molar-refractivity contribution in [3.8, 4) is 6.07 Å². The summed E-state index contributed by atoms with van der Waals surface area (Å²) in [6.07, 6.45) is 5.69. The first-order valence-corrected chi connectivity index (χ1v) is 6.88. The maximum Gasteiger partial charge on any atom is 0.145 e. The molecule has 0 aliphatic heterocycles. The molecule has 94 valence electrons. The zero-order chi connectivity index (χ0) is 12.5. The predicted octanol–water partition coefficient (Wildman–Crippen LogP) is 3.11. The smallest absolute Gasteiger partial charge is 0.145 e. The van der Waals surface area contributed by atoms with E-state index < -0.39 is 0 Å². The summed E-state index contributed by atoms with van der Waals surface area (Å²) in [6, 6.07) is 6.08. The lowest BCUT2D eigenvalue weighted by Crippen LogP contribution is -2.20. The minimum Gasteiger partial charge on any atom is -0.370 e. The van der Waals surface area contributed by atoms with Crippen LogP contribution in [0.2, 0.25) is 0 Å². The van der Waals surface area contributed by atoms with Crippen LogP contribution < -0.4 is 5.32 Å². The third kappa shape index (κ3) is 2.08. The predicted molar refractivity (Wildman–Crippen MR) is 71.1 cm³/mol. The summed E-state index contributed by atoms with van der Waals surface area (Å²) >= 11 is 0. The molecule has 1 N–H and O–H groups in total. The van der Waals surface area contributed by atoms with Crippen LogP contribution in [0, 0.1) is 36.0 Å². The van der Waals surface area contributed by atoms with Crippen LogP contribution in [-0.4, -0.2) is 11.5 Å². The van der Waals surface area contributed by atoms with Gasteiger partial charge in [0.2, 0.25) is 0 Å². The summed E-state index contributed by atoms with van der Waals surface area (Å²) in [6.45, 7) is 2.94. The molecule has 1 heterocycles. The summed E-state index contributed by atoms with van der Waals surface area (Å²) < 4.78 is 0. The number of rotatable bonds is 3. The van der Waals surface area contributed by atoms with Gasteiger partial charge >= 0.3 is 0 Å². The van der Waals surface area contributed by atoms with Crippen molar-refractivity contribution in [3.05, 3.63) is 23.4 Å². The van der Waals surface area contributed by atoms with Gasteiger partial charge in [-0.05, 0) is 55.6 Å². The highest BCUT2D eigenvalue weighted by Gasteiger charge is 2.39. The van der Waals surface area contributed by atoms with Crippen molar-refractivity contribution >= 4 is 5.82 Å². The molecule has 3 heteroatoms. The topological polar surface area (TPSA) is 48.7 Å². The van der Waals surface area contributed by atoms with Gasteiger partial charge in [0.05, 0.1) is 0 Å². The van der Waals surface area contributed by atoms with Gasteiger partial charge in [-0.2, -0.15) is 5.26 Å². The van der Waals surface area contributed by atoms with Gasteiger partial charge in [0.1, 0.15) is 17.6 Å². The van der Waals surface area contributed by atoms with Crippen molar-refractivity contribution < 1.29 is 0 Å². The fourth-order valence-electron chi connectivity index (χ4n) is 3.60. The minimum absolute atomic E-state index is 0.535. The van der Waals surface area contributed by atoms with Crippen molar-refractivity contribution in [2.75, 3.05) is 11.9 Å². The lowest BCUT2D eigenvalue weighted by atomic mass is 9.89. The van der Waals surface area contributed by atoms with Gasteiger partial charge in [0.25, 0.3) is 0 Å². The van der Waals surface area contributed by atoms with E-state index in [9.17, 15) is 0 Å². The molecule has 18 heavy (non-hydrogen) atoms. The number of hydrogen-bond acceptors (Lipinski definition) is 3. The van der Waals surface area contributed by atoms with Crippen LogP contribution in [0.25, 0.3) is 0 Å². The Morgan fingerprint density at radius 2 is 2.28 bits per heavy atom. The normalized spacial score (nSPS) is 29.2. The number of aromatic nitrogens is 1. The van der Waals surface area contributed by atoms with E-state index >= 15 is 0 Å². The molecule has 2 bridgehead atoms. The fourth-order valence-corrected chi connectivity index (χ4v) is 3.60. The van der Waals surface area contributed by atoms with E-state index in [1.807, 2.05) is 19.1 Å². The van der Waals surface area contributed by atoms with E-state index in [2.05, 4.69) is 16.4 Å². The Morgan fingerprint density at radius 1 is 1.39 bits per heavy atom. The zero-order valence-electron chi connectivity index (χ0n) is 10.8. The van der Waals surface area contributed by atoms with Gasteiger partial charge in [-0.25, -0.2) is 4.98 Å². The van der Waals surface area contributed by atoms with Crippen molar-refractivity contribution in [1.82, 2.24) is 4.98 Å². The lowest BCUT2D eigenvalue weighted by molar-refractivity contribution is 0.348. The van der Waals surface area contributed by atoms with Gasteiger partial charge in [-0.3, -0.25) is 0 Å². The second kappa shape index (κ2) is 4.61. The Labute approximate surface area is 108 Å². The summed E-state index contributed by atoms with van der Waals surface area (Å²) in [5.41, 5.74) is 1.48. The number of aryl methyl sites for hydroxylation is 1. The monoisotopic (exact) mass is 241 g/mol. The number of nitriles is 1. The number of pyridine rings is 1. The van der Waals surface area contributed by atoms with Crippen LogP contribution in [-0.2, 0) is 0 Å². The number of hydrogen-bond donors (Lipinski definition) is 1. The van der Waals surface area contributed by atoms with Gasteiger partial charge in [-0.15, -0.1) is 0 Å². The molecule has 1 aromatic rings. The first-order valence-electron chi connectivity index (χ1n) is 6.88. The van der Waals surface area contributed by atoms with Crippen LogP contribution in [0.4, 0.5) is 5.82 Å². The molecule has 3 unspecified atom stereocenters. The quantitative estimate of drug-likeness (QED) is 0.884. The summed E-state index contributed by atoms with van der Waals surface area (Å²) in [7, 11) is 0. The Balaban J connectivity index is 1.62. The van der Waals surface area contributed by atoms with Crippen molar-refractivity contribution in [3.63, 3.8) is 0 Å². The second-order valence-corrected chi connectivity index (χ2v) is 5.79.